The van der Waals surface area contributed by atoms with Gasteiger partial charge in [-0.25, -0.2) is 4.79 Å². The number of guanidine groups is 1. The molecule has 8 heteroatoms. The van der Waals surface area contributed by atoms with Crippen molar-refractivity contribution in [3.05, 3.63) is 48.0 Å². The number of methoxy groups -OCH3 is 1. The highest BCUT2D eigenvalue weighted by atomic mass is 16.5. The summed E-state index contributed by atoms with van der Waals surface area (Å²) >= 11 is 0. The van der Waals surface area contributed by atoms with Crippen molar-refractivity contribution >= 4 is 23.4 Å². The highest BCUT2D eigenvalue weighted by Crippen LogP contribution is 2.30. The molecule has 0 bridgehead atoms. The average molecular weight is 414 g/mol. The molecule has 0 radical (unpaired) electrons. The van der Waals surface area contributed by atoms with E-state index in [9.17, 15) is 4.79 Å². The molecule has 2 rings (SSSR count). The molecule has 0 saturated heterocycles. The number of urea groups is 1. The topological polar surface area (TPSA) is 96.0 Å². The molecule has 162 valence electrons. The molecule has 0 spiro atoms. The molecule has 2 aromatic rings. The molecule has 0 unspecified atom stereocenters. The third-order valence-electron chi connectivity index (χ3n) is 4.04. The first kappa shape index (κ1) is 22.9. The van der Waals surface area contributed by atoms with Crippen LogP contribution in [0, 0.1) is 0 Å². The standard InChI is InChI=1S/C22H31N5O3/c1-6-30-20-13-18(11-12-19(20)29-5)26-21(23-4)24-14-16-7-9-17(10-8-16)27-22(28)25-15(2)3/h7-13,15H,6,14H2,1-5H3,(H2,23,24,26)(H2,25,27,28). The molecule has 0 aromatic heterocycles. The van der Waals surface area contributed by atoms with E-state index in [0.29, 0.717) is 30.6 Å². The first-order chi connectivity index (χ1) is 14.4. The molecule has 0 aliphatic carbocycles. The normalized spacial score (nSPS) is 11.1. The summed E-state index contributed by atoms with van der Waals surface area (Å²) in [5, 5.41) is 12.1. The second kappa shape index (κ2) is 11.5. The second-order valence-electron chi connectivity index (χ2n) is 6.80. The molecule has 0 atom stereocenters. The number of rotatable bonds is 8. The minimum atomic E-state index is -0.216. The maximum absolute atomic E-state index is 11.8. The van der Waals surface area contributed by atoms with E-state index in [2.05, 4.69) is 26.3 Å². The van der Waals surface area contributed by atoms with Crippen LogP contribution in [0.2, 0.25) is 0 Å². The lowest BCUT2D eigenvalue weighted by atomic mass is 10.2. The Balaban J connectivity index is 1.93. The fraction of sp³-hybridized carbons (Fsp3) is 0.364. The number of nitrogens with one attached hydrogen (secondary N) is 4. The molecule has 0 saturated carbocycles. The highest BCUT2D eigenvalue weighted by molar-refractivity contribution is 5.94. The molecule has 2 amide bonds. The zero-order chi connectivity index (χ0) is 21.9. The van der Waals surface area contributed by atoms with E-state index in [1.165, 1.54) is 0 Å². The molecule has 0 heterocycles. The Morgan fingerprint density at radius 2 is 1.73 bits per heavy atom. The summed E-state index contributed by atoms with van der Waals surface area (Å²) < 4.78 is 10.9. The Bertz CT molecular complexity index is 850. The predicted octanol–water partition coefficient (Wildman–Crippen LogP) is 3.81. The Kier molecular flexibility index (Phi) is 8.80. The fourth-order valence-corrected chi connectivity index (χ4v) is 2.66. The van der Waals surface area contributed by atoms with Crippen molar-refractivity contribution in [3.8, 4) is 11.5 Å². The van der Waals surface area contributed by atoms with Crippen LogP contribution < -0.4 is 30.7 Å². The first-order valence-corrected chi connectivity index (χ1v) is 9.90. The van der Waals surface area contributed by atoms with Gasteiger partial charge in [0.25, 0.3) is 0 Å². The number of anilines is 2. The van der Waals surface area contributed by atoms with Crippen molar-refractivity contribution in [1.29, 1.82) is 0 Å². The minimum Gasteiger partial charge on any atom is -0.493 e. The zero-order valence-electron chi connectivity index (χ0n) is 18.2. The summed E-state index contributed by atoms with van der Waals surface area (Å²) in [7, 11) is 3.33. The van der Waals surface area contributed by atoms with Crippen molar-refractivity contribution in [2.45, 2.75) is 33.4 Å². The van der Waals surface area contributed by atoms with E-state index >= 15 is 0 Å². The van der Waals surface area contributed by atoms with E-state index in [-0.39, 0.29) is 12.1 Å². The smallest absolute Gasteiger partial charge is 0.319 e. The van der Waals surface area contributed by atoms with Crippen LogP contribution >= 0.6 is 0 Å². The summed E-state index contributed by atoms with van der Waals surface area (Å²) in [5.41, 5.74) is 2.63. The number of carbonyl (C=O) groups excluding carboxylic acids is 1. The van der Waals surface area contributed by atoms with Gasteiger partial charge in [0.1, 0.15) is 0 Å². The summed E-state index contributed by atoms with van der Waals surface area (Å²) in [5.74, 6) is 1.98. The van der Waals surface area contributed by atoms with Gasteiger partial charge in [0.2, 0.25) is 0 Å². The summed E-state index contributed by atoms with van der Waals surface area (Å²) in [4.78, 5) is 16.0. The second-order valence-corrected chi connectivity index (χ2v) is 6.80. The van der Waals surface area contributed by atoms with Gasteiger partial charge in [-0.05, 0) is 50.6 Å². The average Bonchev–Trinajstić information content (AvgIpc) is 2.72. The van der Waals surface area contributed by atoms with Crippen LogP contribution in [0.5, 0.6) is 11.5 Å². The highest BCUT2D eigenvalue weighted by Gasteiger charge is 2.07. The molecule has 0 aliphatic rings. The number of nitrogens with zero attached hydrogens (tertiary/aromatic N) is 1. The number of ether oxygens (including phenoxy) is 2. The fourth-order valence-electron chi connectivity index (χ4n) is 2.66. The van der Waals surface area contributed by atoms with Crippen LogP contribution in [0.3, 0.4) is 0 Å². The number of aliphatic imine (C=N–C) groups is 1. The van der Waals surface area contributed by atoms with Crippen LogP contribution in [0.1, 0.15) is 26.3 Å². The first-order valence-electron chi connectivity index (χ1n) is 9.90. The maximum Gasteiger partial charge on any atom is 0.319 e. The molecule has 0 fully saturated rings. The predicted molar refractivity (Wildman–Crippen MR) is 122 cm³/mol. The van der Waals surface area contributed by atoms with Crippen molar-refractivity contribution < 1.29 is 14.3 Å². The van der Waals surface area contributed by atoms with Gasteiger partial charge >= 0.3 is 6.03 Å². The van der Waals surface area contributed by atoms with Crippen molar-refractivity contribution in [1.82, 2.24) is 10.6 Å². The molecule has 30 heavy (non-hydrogen) atoms. The van der Waals surface area contributed by atoms with Crippen LogP contribution in [-0.4, -0.2) is 38.8 Å². The van der Waals surface area contributed by atoms with E-state index in [4.69, 9.17) is 9.47 Å². The van der Waals surface area contributed by atoms with Crippen molar-refractivity contribution in [2.75, 3.05) is 31.4 Å². The molecule has 2 aromatic carbocycles. The minimum absolute atomic E-state index is 0.0861. The Hall–Kier alpha value is -3.42. The molecular weight excluding hydrogens is 382 g/mol. The Morgan fingerprint density at radius 1 is 1.03 bits per heavy atom. The van der Waals surface area contributed by atoms with E-state index in [0.717, 1.165) is 16.9 Å². The lowest BCUT2D eigenvalue weighted by Crippen LogP contribution is -2.34. The van der Waals surface area contributed by atoms with Gasteiger partial charge in [0.05, 0.1) is 13.7 Å². The maximum atomic E-state index is 11.8. The van der Waals surface area contributed by atoms with Crippen LogP contribution in [0.15, 0.2) is 47.5 Å². The van der Waals surface area contributed by atoms with Gasteiger partial charge in [-0.1, -0.05) is 12.1 Å². The number of carbonyl (C=O) groups is 1. The lowest BCUT2D eigenvalue weighted by Gasteiger charge is -2.15. The van der Waals surface area contributed by atoms with Crippen molar-refractivity contribution in [2.24, 2.45) is 4.99 Å². The Labute approximate surface area is 178 Å². The van der Waals surface area contributed by atoms with Crippen molar-refractivity contribution in [3.63, 3.8) is 0 Å². The third kappa shape index (κ3) is 7.20. The van der Waals surface area contributed by atoms with Gasteiger partial charge in [-0.15, -0.1) is 0 Å². The van der Waals surface area contributed by atoms with Gasteiger partial charge in [0.15, 0.2) is 17.5 Å². The van der Waals surface area contributed by atoms with E-state index < -0.39 is 0 Å². The number of benzene rings is 2. The van der Waals surface area contributed by atoms with Crippen LogP contribution in [0.25, 0.3) is 0 Å². The number of amides is 2. The third-order valence-corrected chi connectivity index (χ3v) is 4.04. The number of hydrogen-bond donors (Lipinski definition) is 4. The summed E-state index contributed by atoms with van der Waals surface area (Å²) in [6.07, 6.45) is 0. The Morgan fingerprint density at radius 3 is 2.33 bits per heavy atom. The molecule has 4 N–H and O–H groups in total. The molecular formula is C22H31N5O3. The van der Waals surface area contributed by atoms with E-state index in [1.54, 1.807) is 14.2 Å². The van der Waals surface area contributed by atoms with Crippen LogP contribution in [-0.2, 0) is 6.54 Å². The molecule has 0 aliphatic heterocycles. The van der Waals surface area contributed by atoms with Crippen LogP contribution in [0.4, 0.5) is 16.2 Å². The van der Waals surface area contributed by atoms with Gasteiger partial charge in [-0.2, -0.15) is 0 Å². The largest absolute Gasteiger partial charge is 0.493 e. The van der Waals surface area contributed by atoms with Gasteiger partial charge < -0.3 is 30.7 Å². The molecule has 8 nitrogen and oxygen atoms in total. The SMILES string of the molecule is CCOc1cc(NC(=NC)NCc2ccc(NC(=O)NC(C)C)cc2)ccc1OC. The summed E-state index contributed by atoms with van der Waals surface area (Å²) in [6.45, 7) is 6.89. The van der Waals surface area contributed by atoms with Gasteiger partial charge in [0, 0.05) is 37.1 Å². The summed E-state index contributed by atoms with van der Waals surface area (Å²) in [6, 6.07) is 13.1. The quantitative estimate of drug-likeness (QED) is 0.390. The van der Waals surface area contributed by atoms with E-state index in [1.807, 2.05) is 63.2 Å². The van der Waals surface area contributed by atoms with Gasteiger partial charge in [-0.3, -0.25) is 4.99 Å². The monoisotopic (exact) mass is 413 g/mol. The number of hydrogen-bond acceptors (Lipinski definition) is 4. The zero-order valence-corrected chi connectivity index (χ0v) is 18.2. The lowest BCUT2D eigenvalue weighted by molar-refractivity contribution is 0.250.